The highest BCUT2D eigenvalue weighted by atomic mass is 32.2. The van der Waals surface area contributed by atoms with Gasteiger partial charge in [0.15, 0.2) is 5.12 Å². The van der Waals surface area contributed by atoms with Crippen molar-refractivity contribution in [2.45, 2.75) is 37.9 Å². The van der Waals surface area contributed by atoms with Crippen molar-refractivity contribution >= 4 is 46.1 Å². The third-order valence-electron chi connectivity index (χ3n) is 4.59. The molecule has 1 saturated heterocycles. The van der Waals surface area contributed by atoms with Crippen molar-refractivity contribution in [3.8, 4) is 0 Å². The van der Waals surface area contributed by atoms with E-state index >= 15 is 0 Å². The molecular weight excluding hydrogens is 460 g/mol. The molecule has 32 heavy (non-hydrogen) atoms. The monoisotopic (exact) mass is 480 g/mol. The van der Waals surface area contributed by atoms with E-state index in [1.165, 1.54) is 47.4 Å². The van der Waals surface area contributed by atoms with Gasteiger partial charge in [0.1, 0.15) is 18.2 Å². The average molecular weight is 481 g/mol. The lowest BCUT2D eigenvalue weighted by Gasteiger charge is -2.22. The van der Waals surface area contributed by atoms with E-state index in [0.29, 0.717) is 29.2 Å². The third-order valence-corrected chi connectivity index (χ3v) is 6.44. The van der Waals surface area contributed by atoms with Crippen LogP contribution in [0, 0.1) is 10.1 Å². The minimum atomic E-state index is -0.906. The fourth-order valence-corrected chi connectivity index (χ4v) is 4.95. The van der Waals surface area contributed by atoms with Crippen LogP contribution in [0.25, 0.3) is 0 Å². The molecule has 0 aliphatic carbocycles. The number of nitrogens with two attached hydrogens (primary N) is 1. The molecule has 2 heterocycles. The highest BCUT2D eigenvalue weighted by Gasteiger charge is 2.39. The van der Waals surface area contributed by atoms with E-state index in [1.807, 2.05) is 0 Å². The van der Waals surface area contributed by atoms with Crippen molar-refractivity contribution in [2.24, 2.45) is 5.73 Å². The predicted octanol–water partition coefficient (Wildman–Crippen LogP) is 3.38. The van der Waals surface area contributed by atoms with E-state index in [1.54, 1.807) is 5.38 Å². The number of likely N-dealkylation sites (tertiary alicyclic amines) is 1. The van der Waals surface area contributed by atoms with Gasteiger partial charge in [-0.05, 0) is 24.1 Å². The number of rotatable bonds is 7. The van der Waals surface area contributed by atoms with Gasteiger partial charge in [-0.1, -0.05) is 11.8 Å². The van der Waals surface area contributed by atoms with Crippen LogP contribution in [0.1, 0.15) is 35.7 Å². The number of primary amides is 1. The highest BCUT2D eigenvalue weighted by Crippen LogP contribution is 2.38. The van der Waals surface area contributed by atoms with E-state index in [2.05, 4.69) is 4.98 Å². The summed E-state index contributed by atoms with van der Waals surface area (Å²) in [6.07, 6.45) is -0.976. The molecule has 0 bridgehead atoms. The number of thiazole rings is 1. The van der Waals surface area contributed by atoms with Crippen LogP contribution in [0.15, 0.2) is 29.6 Å². The molecule has 1 aromatic carbocycles. The van der Waals surface area contributed by atoms with Crippen LogP contribution in [0.5, 0.6) is 0 Å². The number of aromatic nitrogens is 1. The molecular formula is C19H20N4O7S2. The number of hydrogen-bond donors (Lipinski definition) is 1. The molecule has 1 aliphatic heterocycles. The topological polar surface area (TPSA) is 155 Å². The van der Waals surface area contributed by atoms with Gasteiger partial charge in [0.2, 0.25) is 0 Å². The maximum Gasteiger partial charge on any atom is 0.410 e. The number of hydrogen-bond acceptors (Lipinski definition) is 10. The molecule has 0 radical (unpaired) electrons. The summed E-state index contributed by atoms with van der Waals surface area (Å²) in [4.78, 5) is 51.4. The van der Waals surface area contributed by atoms with E-state index in [0.717, 1.165) is 11.8 Å². The number of nitro groups is 1. The zero-order valence-corrected chi connectivity index (χ0v) is 18.6. The molecule has 2 N–H and O–H groups in total. The van der Waals surface area contributed by atoms with E-state index < -0.39 is 23.2 Å². The smallest absolute Gasteiger partial charge is 0.410 e. The zero-order chi connectivity index (χ0) is 23.3. The van der Waals surface area contributed by atoms with Gasteiger partial charge in [0, 0.05) is 36.2 Å². The summed E-state index contributed by atoms with van der Waals surface area (Å²) in [6.45, 7) is 1.65. The maximum atomic E-state index is 12.8. The highest BCUT2D eigenvalue weighted by molar-refractivity contribution is 8.14. The van der Waals surface area contributed by atoms with Gasteiger partial charge in [-0.2, -0.15) is 0 Å². The number of thioether (sulfide) groups is 1. The van der Waals surface area contributed by atoms with Gasteiger partial charge in [-0.3, -0.25) is 19.8 Å². The Labute approximate surface area is 191 Å². The Hall–Kier alpha value is -3.19. The molecule has 1 aromatic heterocycles. The van der Waals surface area contributed by atoms with Crippen LogP contribution in [0.2, 0.25) is 0 Å². The van der Waals surface area contributed by atoms with Crippen LogP contribution >= 0.6 is 23.1 Å². The molecule has 2 atom stereocenters. The molecule has 2 amide bonds. The Morgan fingerprint density at radius 1 is 1.28 bits per heavy atom. The van der Waals surface area contributed by atoms with E-state index in [-0.39, 0.29) is 29.3 Å². The van der Waals surface area contributed by atoms with Gasteiger partial charge in [0.25, 0.3) is 5.69 Å². The first-order valence-electron chi connectivity index (χ1n) is 9.43. The number of carbonyl (C=O) groups excluding carboxylic acids is 3. The lowest BCUT2D eigenvalue weighted by atomic mass is 10.2. The first-order chi connectivity index (χ1) is 15.2. The summed E-state index contributed by atoms with van der Waals surface area (Å²) >= 11 is 2.43. The quantitative estimate of drug-likeness (QED) is 0.463. The first kappa shape index (κ1) is 23.5. The van der Waals surface area contributed by atoms with Crippen molar-refractivity contribution in [1.82, 2.24) is 9.88 Å². The molecule has 0 saturated carbocycles. The fourth-order valence-electron chi connectivity index (χ4n) is 3.22. The second-order valence-electron chi connectivity index (χ2n) is 6.89. The van der Waals surface area contributed by atoms with Crippen molar-refractivity contribution in [3.05, 3.63) is 56.0 Å². The van der Waals surface area contributed by atoms with Gasteiger partial charge in [0.05, 0.1) is 16.7 Å². The number of carbonyl (C=O) groups is 3. The Kier molecular flexibility index (Phi) is 7.64. The zero-order valence-electron chi connectivity index (χ0n) is 17.0. The van der Waals surface area contributed by atoms with Crippen LogP contribution in [0.4, 0.5) is 15.3 Å². The summed E-state index contributed by atoms with van der Waals surface area (Å²) in [5.74, 6) is 0. The largest absolute Gasteiger partial charge is 0.445 e. The normalized spacial score (nSPS) is 17.7. The SMILES string of the molecule is CC(=O)S[C@H]1C[C@@H](c2csc(COC(N)=O)n2)N(C(=O)OCc2ccc([N+](=O)[O-])cc2)C1. The summed E-state index contributed by atoms with van der Waals surface area (Å²) in [5, 5.41) is 12.9. The average Bonchev–Trinajstić information content (AvgIpc) is 3.37. The number of amides is 2. The first-order valence-corrected chi connectivity index (χ1v) is 11.2. The standard InChI is InChI=1S/C19H20N4O7S2/c1-11(24)32-14-6-16(15-10-31-17(21-15)9-29-18(20)25)22(7-14)19(26)30-8-12-2-4-13(5-3-12)23(27)28/h2-5,10,14,16H,6-9H2,1H3,(H2,20,25)/t14-,16-/m0/s1. The second-order valence-corrected chi connectivity index (χ2v) is 9.31. The van der Waals surface area contributed by atoms with Crippen molar-refractivity contribution in [2.75, 3.05) is 6.54 Å². The molecule has 2 aromatic rings. The van der Waals surface area contributed by atoms with E-state index in [4.69, 9.17) is 15.2 Å². The van der Waals surface area contributed by atoms with Crippen LogP contribution in [-0.4, -0.2) is 43.9 Å². The van der Waals surface area contributed by atoms with E-state index in [9.17, 15) is 24.5 Å². The lowest BCUT2D eigenvalue weighted by Crippen LogP contribution is -2.32. The Bertz CT molecular complexity index is 1010. The van der Waals surface area contributed by atoms with Crippen molar-refractivity contribution in [1.29, 1.82) is 0 Å². The summed E-state index contributed by atoms with van der Waals surface area (Å²) in [5.41, 5.74) is 6.14. The molecule has 13 heteroatoms. The Morgan fingerprint density at radius 2 is 2.00 bits per heavy atom. The fraction of sp³-hybridized carbons (Fsp3) is 0.368. The lowest BCUT2D eigenvalue weighted by molar-refractivity contribution is -0.384. The third kappa shape index (κ3) is 6.17. The van der Waals surface area contributed by atoms with Gasteiger partial charge >= 0.3 is 12.2 Å². The molecule has 11 nitrogen and oxygen atoms in total. The molecule has 1 fully saturated rings. The van der Waals surface area contributed by atoms with Gasteiger partial charge in [-0.25, -0.2) is 14.6 Å². The molecule has 0 unspecified atom stereocenters. The van der Waals surface area contributed by atoms with Crippen LogP contribution in [-0.2, 0) is 27.5 Å². The van der Waals surface area contributed by atoms with Crippen molar-refractivity contribution in [3.63, 3.8) is 0 Å². The number of ether oxygens (including phenoxy) is 2. The number of non-ortho nitro benzene ring substituents is 1. The summed E-state index contributed by atoms with van der Waals surface area (Å²) in [7, 11) is 0. The van der Waals surface area contributed by atoms with Gasteiger partial charge < -0.3 is 15.2 Å². The Balaban J connectivity index is 1.69. The van der Waals surface area contributed by atoms with Crippen molar-refractivity contribution < 1.29 is 28.8 Å². The Morgan fingerprint density at radius 3 is 2.62 bits per heavy atom. The minimum Gasteiger partial charge on any atom is -0.445 e. The van der Waals surface area contributed by atoms with Crippen LogP contribution < -0.4 is 5.73 Å². The van der Waals surface area contributed by atoms with Crippen LogP contribution in [0.3, 0.4) is 0 Å². The minimum absolute atomic E-state index is 0.0522. The predicted molar refractivity (Wildman–Crippen MR) is 116 cm³/mol. The number of nitrogens with zero attached hydrogens (tertiary/aromatic N) is 3. The molecule has 1 aliphatic rings. The number of nitro benzene ring substituents is 1. The second kappa shape index (κ2) is 10.4. The maximum absolute atomic E-state index is 12.8. The number of benzene rings is 1. The summed E-state index contributed by atoms with van der Waals surface area (Å²) in [6, 6.07) is 5.31. The molecule has 0 spiro atoms. The summed E-state index contributed by atoms with van der Waals surface area (Å²) < 4.78 is 10.2. The molecule has 3 rings (SSSR count). The van der Waals surface area contributed by atoms with Gasteiger partial charge in [-0.15, -0.1) is 11.3 Å². The molecule has 170 valence electrons.